The third-order valence-corrected chi connectivity index (χ3v) is 5.70. The predicted molar refractivity (Wildman–Crippen MR) is 137 cm³/mol. The lowest BCUT2D eigenvalue weighted by Gasteiger charge is -2.14. The molecule has 0 aliphatic rings. The highest BCUT2D eigenvalue weighted by Gasteiger charge is 2.22. The van der Waals surface area contributed by atoms with Gasteiger partial charge in [-0.15, -0.1) is 0 Å². The van der Waals surface area contributed by atoms with Crippen LogP contribution < -0.4 is 5.32 Å². The van der Waals surface area contributed by atoms with Gasteiger partial charge in [0.05, 0.1) is 30.6 Å². The van der Waals surface area contributed by atoms with Crippen molar-refractivity contribution in [1.82, 2.24) is 14.9 Å². The van der Waals surface area contributed by atoms with Gasteiger partial charge in [0.2, 0.25) is 0 Å². The summed E-state index contributed by atoms with van der Waals surface area (Å²) in [7, 11) is 0. The predicted octanol–water partition coefficient (Wildman–Crippen LogP) is 5.37. The molecule has 0 amide bonds. The Labute approximate surface area is 206 Å². The first-order valence-electron chi connectivity index (χ1n) is 12.0. The summed E-state index contributed by atoms with van der Waals surface area (Å²) in [6.45, 7) is 8.40. The van der Waals surface area contributed by atoms with E-state index < -0.39 is 0 Å². The van der Waals surface area contributed by atoms with Crippen LogP contribution >= 0.6 is 0 Å². The van der Waals surface area contributed by atoms with Gasteiger partial charge in [-0.3, -0.25) is 4.79 Å². The molecule has 2 aromatic carbocycles. The fraction of sp³-hybridized carbons (Fsp3) is 0.357. The van der Waals surface area contributed by atoms with Gasteiger partial charge in [0, 0.05) is 29.8 Å². The second-order valence-electron chi connectivity index (χ2n) is 8.74. The van der Waals surface area contributed by atoms with Crippen LogP contribution in [-0.2, 0) is 16.1 Å². The smallest absolute Gasteiger partial charge is 0.320 e. The average Bonchev–Trinajstić information content (AvgIpc) is 3.23. The topological polar surface area (TPSA) is 76.4 Å². The number of nitrogens with one attached hydrogen (secondary N) is 1. The molecule has 6 nitrogen and oxygen atoms in total. The lowest BCUT2D eigenvalue weighted by atomic mass is 10.00. The van der Waals surface area contributed by atoms with Crippen molar-refractivity contribution in [3.8, 4) is 22.5 Å². The fourth-order valence-corrected chi connectivity index (χ4v) is 3.79. The number of carbonyl (C=O) groups excluding carboxylic acids is 1. The molecule has 0 radical (unpaired) electrons. The van der Waals surface area contributed by atoms with E-state index in [1.807, 2.05) is 42.7 Å². The summed E-state index contributed by atoms with van der Waals surface area (Å²) in [4.78, 5) is 17.1. The van der Waals surface area contributed by atoms with Gasteiger partial charge in [-0.25, -0.2) is 9.37 Å². The quantitative estimate of drug-likeness (QED) is 0.362. The van der Waals surface area contributed by atoms with Crippen LogP contribution in [0.2, 0.25) is 0 Å². The molecule has 1 heterocycles. The number of imidazole rings is 1. The molecule has 3 rings (SSSR count). The number of aliphatic hydroxyl groups is 1. The van der Waals surface area contributed by atoms with Crippen molar-refractivity contribution in [1.29, 1.82) is 0 Å². The summed E-state index contributed by atoms with van der Waals surface area (Å²) < 4.78 is 21.0. The molecule has 35 heavy (non-hydrogen) atoms. The van der Waals surface area contributed by atoms with Crippen molar-refractivity contribution < 1.29 is 19.0 Å². The van der Waals surface area contributed by atoms with E-state index in [9.17, 15) is 14.3 Å². The van der Waals surface area contributed by atoms with E-state index in [0.29, 0.717) is 6.54 Å². The largest absolute Gasteiger partial charge is 0.462 e. The van der Waals surface area contributed by atoms with Gasteiger partial charge in [-0.2, -0.15) is 0 Å². The van der Waals surface area contributed by atoms with Crippen LogP contribution in [-0.4, -0.2) is 39.9 Å². The third kappa shape index (κ3) is 6.65. The molecular weight excluding hydrogens is 445 g/mol. The molecule has 3 aromatic rings. The Balaban J connectivity index is 2.04. The van der Waals surface area contributed by atoms with Crippen molar-refractivity contribution in [2.45, 2.75) is 52.7 Å². The zero-order valence-electron chi connectivity index (χ0n) is 20.8. The van der Waals surface area contributed by atoms with Crippen molar-refractivity contribution in [3.05, 3.63) is 71.8 Å². The molecule has 0 aliphatic heterocycles. The summed E-state index contributed by atoms with van der Waals surface area (Å²) in [5.41, 5.74) is 4.25. The van der Waals surface area contributed by atoms with Gasteiger partial charge >= 0.3 is 5.97 Å². The van der Waals surface area contributed by atoms with Gasteiger partial charge in [0.25, 0.3) is 0 Å². The second-order valence-corrected chi connectivity index (χ2v) is 8.74. The van der Waals surface area contributed by atoms with E-state index in [0.717, 1.165) is 40.3 Å². The number of esters is 1. The minimum Gasteiger partial charge on any atom is -0.462 e. The Bertz CT molecular complexity index is 1150. The monoisotopic (exact) mass is 479 g/mol. The molecule has 2 N–H and O–H groups in total. The van der Waals surface area contributed by atoms with E-state index in [1.54, 1.807) is 24.4 Å². The van der Waals surface area contributed by atoms with Crippen molar-refractivity contribution in [3.63, 3.8) is 0 Å². The first kappa shape index (κ1) is 26.3. The summed E-state index contributed by atoms with van der Waals surface area (Å²) in [5.74, 6) is 0.324. The average molecular weight is 480 g/mol. The minimum absolute atomic E-state index is 0.104. The number of hydrogen-bond donors (Lipinski definition) is 2. The summed E-state index contributed by atoms with van der Waals surface area (Å²) in [6, 6.07) is 14.2. The Morgan fingerprint density at radius 1 is 1.17 bits per heavy atom. The second kappa shape index (κ2) is 12.4. The molecule has 0 saturated heterocycles. The van der Waals surface area contributed by atoms with Crippen LogP contribution in [0.4, 0.5) is 4.39 Å². The summed E-state index contributed by atoms with van der Waals surface area (Å²) in [6.07, 6.45) is 4.11. The number of aliphatic hydroxyl groups excluding tert-OH is 1. The molecule has 1 unspecified atom stereocenters. The highest BCUT2D eigenvalue weighted by atomic mass is 19.1. The molecule has 0 spiro atoms. The number of halogens is 1. The number of rotatable bonds is 11. The molecule has 186 valence electrons. The molecular formula is C28H34FN3O3. The summed E-state index contributed by atoms with van der Waals surface area (Å²) >= 11 is 0. The number of hydrogen-bond acceptors (Lipinski definition) is 5. The van der Waals surface area contributed by atoms with E-state index in [1.165, 1.54) is 12.1 Å². The van der Waals surface area contributed by atoms with E-state index in [2.05, 4.69) is 19.2 Å². The molecule has 1 aromatic heterocycles. The van der Waals surface area contributed by atoms with Crippen LogP contribution in [0.25, 0.3) is 28.7 Å². The lowest BCUT2D eigenvalue weighted by Crippen LogP contribution is -2.27. The maximum Gasteiger partial charge on any atom is 0.320 e. The van der Waals surface area contributed by atoms with Gasteiger partial charge in [0.15, 0.2) is 0 Å². The number of benzene rings is 2. The van der Waals surface area contributed by atoms with Gasteiger partial charge in [-0.05, 0) is 49.2 Å². The Kier molecular flexibility index (Phi) is 9.34. The van der Waals surface area contributed by atoms with E-state index in [-0.39, 0.29) is 37.0 Å². The molecule has 0 aliphatic carbocycles. The van der Waals surface area contributed by atoms with Crippen LogP contribution in [0.15, 0.2) is 54.6 Å². The molecule has 0 bridgehead atoms. The maximum atomic E-state index is 13.7. The Morgan fingerprint density at radius 3 is 2.54 bits per heavy atom. The normalized spacial score (nSPS) is 12.4. The Morgan fingerprint density at radius 2 is 1.89 bits per heavy atom. The first-order chi connectivity index (χ1) is 16.8. The van der Waals surface area contributed by atoms with Gasteiger partial charge in [0.1, 0.15) is 11.6 Å². The highest BCUT2D eigenvalue weighted by Crippen LogP contribution is 2.37. The first-order valence-corrected chi connectivity index (χ1v) is 12.0. The number of aromatic nitrogens is 2. The zero-order chi connectivity index (χ0) is 25.4. The van der Waals surface area contributed by atoms with Crippen LogP contribution in [0.3, 0.4) is 0 Å². The summed E-state index contributed by atoms with van der Waals surface area (Å²) in [5, 5.41) is 12.6. The van der Waals surface area contributed by atoms with Crippen LogP contribution in [0.5, 0.6) is 0 Å². The van der Waals surface area contributed by atoms with E-state index >= 15 is 0 Å². The van der Waals surface area contributed by atoms with Crippen molar-refractivity contribution in [2.75, 3.05) is 13.2 Å². The molecule has 0 fully saturated rings. The van der Waals surface area contributed by atoms with Crippen LogP contribution in [0.1, 0.15) is 51.4 Å². The molecule has 7 heteroatoms. The Hall–Kier alpha value is -3.29. The number of carbonyl (C=O) groups is 1. The third-order valence-electron chi connectivity index (χ3n) is 5.70. The van der Waals surface area contributed by atoms with Gasteiger partial charge in [-0.1, -0.05) is 45.0 Å². The SMILES string of the molecule is CCC(C)OC(=O)CNCc1ccccc1-c1nc(C(C)C)n(C=CCO)c1-c1ccc(F)cc1. The molecule has 1 atom stereocenters. The van der Waals surface area contributed by atoms with Crippen molar-refractivity contribution >= 4 is 12.2 Å². The van der Waals surface area contributed by atoms with Crippen molar-refractivity contribution in [2.24, 2.45) is 0 Å². The van der Waals surface area contributed by atoms with Crippen LogP contribution in [0, 0.1) is 5.82 Å². The highest BCUT2D eigenvalue weighted by molar-refractivity contribution is 5.82. The lowest BCUT2D eigenvalue weighted by molar-refractivity contribution is -0.147. The fourth-order valence-electron chi connectivity index (χ4n) is 3.79. The van der Waals surface area contributed by atoms with Gasteiger partial charge < -0.3 is 19.7 Å². The number of ether oxygens (including phenoxy) is 1. The maximum absolute atomic E-state index is 13.7. The van der Waals surface area contributed by atoms with E-state index in [4.69, 9.17) is 9.72 Å². The number of nitrogens with zero attached hydrogens (tertiary/aromatic N) is 2. The zero-order valence-corrected chi connectivity index (χ0v) is 20.8. The minimum atomic E-state index is -0.315. The standard InChI is InChI=1S/C28H34FN3O3/c1-5-20(4)35-25(34)18-30-17-22-9-6-7-10-24(22)26-27(21-11-13-23(29)14-12-21)32(15-8-16-33)28(31-26)19(2)3/h6-15,19-20,30,33H,5,16-18H2,1-4H3. The molecule has 0 saturated carbocycles.